The minimum Gasteiger partial charge on any atom is -0.481 e. The zero-order valence-corrected chi connectivity index (χ0v) is 9.67. The smallest absolute Gasteiger partial charge is 0.312 e. The van der Waals surface area contributed by atoms with Crippen LogP contribution in [-0.2, 0) is 9.59 Å². The van der Waals surface area contributed by atoms with Gasteiger partial charge in [0.1, 0.15) is 6.42 Å². The van der Waals surface area contributed by atoms with Crippen molar-refractivity contribution in [2.75, 3.05) is 5.32 Å². The van der Waals surface area contributed by atoms with Crippen molar-refractivity contribution in [1.82, 2.24) is 4.98 Å². The molecule has 1 amide bonds. The van der Waals surface area contributed by atoms with Crippen LogP contribution in [0.2, 0.25) is 5.15 Å². The molecule has 5 nitrogen and oxygen atoms in total. The average molecular weight is 294 g/mol. The van der Waals surface area contributed by atoms with Gasteiger partial charge in [0.05, 0.1) is 5.69 Å². The van der Waals surface area contributed by atoms with E-state index in [2.05, 4.69) is 26.2 Å². The van der Waals surface area contributed by atoms with Gasteiger partial charge in [-0.2, -0.15) is 0 Å². The second kappa shape index (κ2) is 5.09. The summed E-state index contributed by atoms with van der Waals surface area (Å²) in [7, 11) is 0. The molecule has 0 atom stereocenters. The number of pyridine rings is 1. The van der Waals surface area contributed by atoms with Gasteiger partial charge in [0, 0.05) is 10.7 Å². The van der Waals surface area contributed by atoms with E-state index < -0.39 is 18.3 Å². The fourth-order valence-electron chi connectivity index (χ4n) is 0.842. The van der Waals surface area contributed by atoms with E-state index in [1.165, 1.54) is 12.3 Å². The molecule has 1 rings (SSSR count). The number of carboxylic acids is 1. The van der Waals surface area contributed by atoms with Crippen molar-refractivity contribution in [3.8, 4) is 0 Å². The molecule has 0 saturated carbocycles. The molecule has 0 spiro atoms. The van der Waals surface area contributed by atoms with Gasteiger partial charge in [0.15, 0.2) is 5.15 Å². The highest BCUT2D eigenvalue weighted by molar-refractivity contribution is 9.10. The Morgan fingerprint density at radius 1 is 1.60 bits per heavy atom. The fraction of sp³-hybridized carbons (Fsp3) is 0.125. The minimum absolute atomic E-state index is 0.108. The Labute approximate surface area is 98.6 Å². The first-order valence-electron chi connectivity index (χ1n) is 3.81. The molecule has 0 aliphatic rings. The maximum Gasteiger partial charge on any atom is 0.312 e. The summed E-state index contributed by atoms with van der Waals surface area (Å²) in [6.07, 6.45) is 0.859. The van der Waals surface area contributed by atoms with Gasteiger partial charge in [-0.05, 0) is 22.0 Å². The summed E-state index contributed by atoms with van der Waals surface area (Å²) < 4.78 is 0.637. The van der Waals surface area contributed by atoms with Crippen molar-refractivity contribution in [2.24, 2.45) is 0 Å². The summed E-state index contributed by atoms with van der Waals surface area (Å²) in [5.41, 5.74) is 0.275. The number of carbonyl (C=O) groups excluding carboxylic acids is 1. The molecule has 15 heavy (non-hydrogen) atoms. The lowest BCUT2D eigenvalue weighted by atomic mass is 10.3. The van der Waals surface area contributed by atoms with E-state index >= 15 is 0 Å². The predicted molar refractivity (Wildman–Crippen MR) is 57.8 cm³/mol. The number of nitrogens with zero attached hydrogens (tertiary/aromatic N) is 1. The molecular weight excluding hydrogens is 287 g/mol. The zero-order chi connectivity index (χ0) is 11.4. The fourth-order valence-corrected chi connectivity index (χ4v) is 1.32. The van der Waals surface area contributed by atoms with Crippen LogP contribution in [0.15, 0.2) is 16.7 Å². The molecule has 0 aliphatic carbocycles. The van der Waals surface area contributed by atoms with E-state index in [4.69, 9.17) is 16.7 Å². The summed E-state index contributed by atoms with van der Waals surface area (Å²) in [5.74, 6) is -1.85. The molecule has 0 fully saturated rings. The summed E-state index contributed by atoms with van der Waals surface area (Å²) in [5, 5.41) is 10.8. The highest BCUT2D eigenvalue weighted by atomic mass is 79.9. The van der Waals surface area contributed by atoms with Crippen LogP contribution in [0.3, 0.4) is 0 Å². The number of anilines is 1. The predicted octanol–water partition coefficient (Wildman–Crippen LogP) is 1.91. The first kappa shape index (κ1) is 11.9. The maximum atomic E-state index is 11.1. The Morgan fingerprint density at radius 3 is 2.87 bits per heavy atom. The van der Waals surface area contributed by atoms with Crippen LogP contribution in [0.5, 0.6) is 0 Å². The lowest BCUT2D eigenvalue weighted by Gasteiger charge is -2.05. The summed E-state index contributed by atoms with van der Waals surface area (Å²) in [4.78, 5) is 25.1. The van der Waals surface area contributed by atoms with Crippen LogP contribution in [0.1, 0.15) is 6.42 Å². The van der Waals surface area contributed by atoms with E-state index in [1.807, 2.05) is 0 Å². The number of nitrogens with one attached hydrogen (secondary N) is 1. The van der Waals surface area contributed by atoms with Gasteiger partial charge >= 0.3 is 5.97 Å². The number of carboxylic acid groups (broad SMARTS) is 1. The standard InChI is InChI=1S/C8H6BrClN2O3/c9-4-1-5(8(10)11-3-4)12-6(13)2-7(14)15/h1,3H,2H2,(H,12,13)(H,14,15). The molecule has 0 saturated heterocycles. The monoisotopic (exact) mass is 292 g/mol. The van der Waals surface area contributed by atoms with Gasteiger partial charge in [0.25, 0.3) is 0 Å². The van der Waals surface area contributed by atoms with Gasteiger partial charge in [-0.3, -0.25) is 9.59 Å². The number of amides is 1. The molecule has 1 heterocycles. The number of halogens is 2. The SMILES string of the molecule is O=C(O)CC(=O)Nc1cc(Br)cnc1Cl. The van der Waals surface area contributed by atoms with Crippen LogP contribution in [-0.4, -0.2) is 22.0 Å². The van der Waals surface area contributed by atoms with Crippen molar-refractivity contribution in [3.63, 3.8) is 0 Å². The first-order valence-corrected chi connectivity index (χ1v) is 4.99. The second-order valence-corrected chi connectivity index (χ2v) is 3.88. The number of rotatable bonds is 3. The molecule has 0 aliphatic heterocycles. The largest absolute Gasteiger partial charge is 0.481 e. The van der Waals surface area contributed by atoms with Gasteiger partial charge in [0.2, 0.25) is 5.91 Å². The third-order valence-electron chi connectivity index (χ3n) is 1.39. The van der Waals surface area contributed by atoms with Gasteiger partial charge in [-0.25, -0.2) is 4.98 Å². The summed E-state index contributed by atoms with van der Waals surface area (Å²) >= 11 is 8.83. The lowest BCUT2D eigenvalue weighted by molar-refractivity contribution is -0.139. The van der Waals surface area contributed by atoms with Crippen LogP contribution >= 0.6 is 27.5 Å². The highest BCUT2D eigenvalue weighted by Crippen LogP contribution is 2.22. The molecule has 7 heteroatoms. The zero-order valence-electron chi connectivity index (χ0n) is 7.33. The Kier molecular flexibility index (Phi) is 4.05. The van der Waals surface area contributed by atoms with Crippen LogP contribution in [0.4, 0.5) is 5.69 Å². The number of hydrogen-bond acceptors (Lipinski definition) is 3. The van der Waals surface area contributed by atoms with E-state index in [1.54, 1.807) is 0 Å². The van der Waals surface area contributed by atoms with Gasteiger partial charge in [-0.1, -0.05) is 11.6 Å². The molecule has 0 radical (unpaired) electrons. The highest BCUT2D eigenvalue weighted by Gasteiger charge is 2.10. The van der Waals surface area contributed by atoms with Crippen molar-refractivity contribution < 1.29 is 14.7 Å². The number of hydrogen-bond donors (Lipinski definition) is 2. The minimum atomic E-state index is -1.20. The lowest BCUT2D eigenvalue weighted by Crippen LogP contribution is -2.16. The van der Waals surface area contributed by atoms with Gasteiger partial charge < -0.3 is 10.4 Å². The average Bonchev–Trinajstić information content (AvgIpc) is 2.10. The van der Waals surface area contributed by atoms with Crippen molar-refractivity contribution in [1.29, 1.82) is 0 Å². The molecule has 0 bridgehead atoms. The molecule has 0 aromatic carbocycles. The Morgan fingerprint density at radius 2 is 2.27 bits per heavy atom. The topological polar surface area (TPSA) is 79.3 Å². The molecule has 2 N–H and O–H groups in total. The van der Waals surface area contributed by atoms with Crippen LogP contribution < -0.4 is 5.32 Å². The van der Waals surface area contributed by atoms with Crippen molar-refractivity contribution >= 4 is 45.1 Å². The van der Waals surface area contributed by atoms with E-state index in [0.717, 1.165) is 0 Å². The quantitative estimate of drug-likeness (QED) is 0.659. The molecule has 80 valence electrons. The maximum absolute atomic E-state index is 11.1. The summed E-state index contributed by atoms with van der Waals surface area (Å²) in [6, 6.07) is 1.54. The van der Waals surface area contributed by atoms with Crippen molar-refractivity contribution in [3.05, 3.63) is 21.9 Å². The van der Waals surface area contributed by atoms with E-state index in [0.29, 0.717) is 4.47 Å². The van der Waals surface area contributed by atoms with Crippen molar-refractivity contribution in [2.45, 2.75) is 6.42 Å². The number of aliphatic carboxylic acids is 1. The number of aromatic nitrogens is 1. The van der Waals surface area contributed by atoms with E-state index in [9.17, 15) is 9.59 Å². The first-order chi connectivity index (χ1) is 6.99. The van der Waals surface area contributed by atoms with Crippen LogP contribution in [0.25, 0.3) is 0 Å². The van der Waals surface area contributed by atoms with Gasteiger partial charge in [-0.15, -0.1) is 0 Å². The molecule has 1 aromatic rings. The summed E-state index contributed by atoms with van der Waals surface area (Å²) in [6.45, 7) is 0. The molecule has 1 aromatic heterocycles. The van der Waals surface area contributed by atoms with Crippen LogP contribution in [0, 0.1) is 0 Å². The second-order valence-electron chi connectivity index (χ2n) is 2.61. The third-order valence-corrected chi connectivity index (χ3v) is 2.13. The van der Waals surface area contributed by atoms with E-state index in [-0.39, 0.29) is 10.8 Å². The molecular formula is C8H6BrClN2O3. The Hall–Kier alpha value is -1.14. The third kappa shape index (κ3) is 3.85. The Bertz CT molecular complexity index is 411. The number of carbonyl (C=O) groups is 2. The normalized spacial score (nSPS) is 9.73. The Balaban J connectivity index is 2.76. The molecule has 0 unspecified atom stereocenters.